The van der Waals surface area contributed by atoms with Crippen molar-refractivity contribution in [2.75, 3.05) is 0 Å². The van der Waals surface area contributed by atoms with Gasteiger partial charge >= 0.3 is 12.1 Å². The third kappa shape index (κ3) is 5.09. The van der Waals surface area contributed by atoms with Gasteiger partial charge in [-0.3, -0.25) is 9.59 Å². The zero-order valence-electron chi connectivity index (χ0n) is 11.6. The molecule has 116 valence electrons. The van der Waals surface area contributed by atoms with Crippen LogP contribution in [0.25, 0.3) is 0 Å². The summed E-state index contributed by atoms with van der Waals surface area (Å²) in [5.41, 5.74) is -0.163. The zero-order valence-corrected chi connectivity index (χ0v) is 11.6. The van der Waals surface area contributed by atoms with Crippen LogP contribution in [0.1, 0.15) is 37.3 Å². The van der Waals surface area contributed by atoms with Crippen LogP contribution in [-0.2, 0) is 15.8 Å². The summed E-state index contributed by atoms with van der Waals surface area (Å²) >= 11 is 0. The lowest BCUT2D eigenvalue weighted by Crippen LogP contribution is -2.38. The molecular formula is C14H16F3NO3. The molecule has 0 saturated carbocycles. The van der Waals surface area contributed by atoms with Gasteiger partial charge in [0.2, 0.25) is 5.91 Å². The third-order valence-electron chi connectivity index (χ3n) is 3.05. The number of halogens is 3. The first kappa shape index (κ1) is 17.0. The molecule has 0 saturated heterocycles. The average molecular weight is 303 g/mol. The van der Waals surface area contributed by atoms with Gasteiger partial charge in [-0.05, 0) is 30.5 Å². The number of aliphatic carboxylic acids is 1. The minimum absolute atomic E-state index is 0.00296. The maximum absolute atomic E-state index is 12.4. The lowest BCUT2D eigenvalue weighted by Gasteiger charge is -2.15. The number of hydrogen-bond donors (Lipinski definition) is 2. The summed E-state index contributed by atoms with van der Waals surface area (Å²) < 4.78 is 37.3. The fourth-order valence-corrected chi connectivity index (χ4v) is 1.76. The van der Waals surface area contributed by atoms with Crippen LogP contribution in [0.3, 0.4) is 0 Å². The Balaban J connectivity index is 2.65. The molecule has 1 aromatic rings. The van der Waals surface area contributed by atoms with Gasteiger partial charge in [0.25, 0.3) is 0 Å². The number of rotatable bonds is 5. The van der Waals surface area contributed by atoms with E-state index in [-0.39, 0.29) is 12.3 Å². The SMILES string of the molecule is CC(CC(=O)N[C@H](C)C(=O)O)c1ccc(C(F)(F)F)cc1. The van der Waals surface area contributed by atoms with E-state index >= 15 is 0 Å². The lowest BCUT2D eigenvalue weighted by atomic mass is 9.96. The average Bonchev–Trinajstić information content (AvgIpc) is 2.37. The van der Waals surface area contributed by atoms with E-state index in [4.69, 9.17) is 5.11 Å². The van der Waals surface area contributed by atoms with Gasteiger partial charge in [0.05, 0.1) is 5.56 Å². The second kappa shape index (κ2) is 6.60. The highest BCUT2D eigenvalue weighted by Crippen LogP contribution is 2.30. The molecule has 4 nitrogen and oxygen atoms in total. The van der Waals surface area contributed by atoms with Crippen LogP contribution in [-0.4, -0.2) is 23.0 Å². The number of nitrogens with one attached hydrogen (secondary N) is 1. The van der Waals surface area contributed by atoms with E-state index in [1.807, 2.05) is 0 Å². The normalized spacial score (nSPS) is 14.3. The first-order valence-corrected chi connectivity index (χ1v) is 6.30. The second-order valence-corrected chi connectivity index (χ2v) is 4.85. The predicted molar refractivity (Wildman–Crippen MR) is 69.7 cm³/mol. The molecule has 1 unspecified atom stereocenters. The molecule has 0 aromatic heterocycles. The smallest absolute Gasteiger partial charge is 0.416 e. The Morgan fingerprint density at radius 3 is 2.14 bits per heavy atom. The number of carboxylic acids is 1. The van der Waals surface area contributed by atoms with Crippen LogP contribution in [0.15, 0.2) is 24.3 Å². The van der Waals surface area contributed by atoms with Crippen molar-refractivity contribution in [3.05, 3.63) is 35.4 Å². The Hall–Kier alpha value is -2.05. The van der Waals surface area contributed by atoms with E-state index in [1.54, 1.807) is 6.92 Å². The van der Waals surface area contributed by atoms with Crippen LogP contribution < -0.4 is 5.32 Å². The summed E-state index contributed by atoms with van der Waals surface area (Å²) in [6.07, 6.45) is -4.39. The van der Waals surface area contributed by atoms with E-state index in [0.717, 1.165) is 12.1 Å². The lowest BCUT2D eigenvalue weighted by molar-refractivity contribution is -0.141. The highest BCUT2D eigenvalue weighted by Gasteiger charge is 2.30. The minimum atomic E-state index is -4.39. The van der Waals surface area contributed by atoms with Gasteiger partial charge in [0.1, 0.15) is 6.04 Å². The Kier molecular flexibility index (Phi) is 5.34. The van der Waals surface area contributed by atoms with E-state index in [0.29, 0.717) is 5.56 Å². The summed E-state index contributed by atoms with van der Waals surface area (Å²) in [7, 11) is 0. The maximum atomic E-state index is 12.4. The summed E-state index contributed by atoms with van der Waals surface area (Å²) in [5.74, 6) is -1.92. The first-order chi connectivity index (χ1) is 9.61. The van der Waals surface area contributed by atoms with Crippen LogP contribution in [0.5, 0.6) is 0 Å². The Bertz CT molecular complexity index is 511. The molecule has 0 fully saturated rings. The molecule has 0 aliphatic heterocycles. The van der Waals surface area contributed by atoms with Gasteiger partial charge in [-0.15, -0.1) is 0 Å². The van der Waals surface area contributed by atoms with Crippen LogP contribution in [0.2, 0.25) is 0 Å². The topological polar surface area (TPSA) is 66.4 Å². The van der Waals surface area contributed by atoms with Gasteiger partial charge in [0.15, 0.2) is 0 Å². The number of benzene rings is 1. The van der Waals surface area contributed by atoms with Gasteiger partial charge in [-0.25, -0.2) is 0 Å². The van der Waals surface area contributed by atoms with Crippen LogP contribution >= 0.6 is 0 Å². The summed E-state index contributed by atoms with van der Waals surface area (Å²) in [6, 6.07) is 3.56. The van der Waals surface area contributed by atoms with Gasteiger partial charge in [-0.2, -0.15) is 13.2 Å². The molecule has 0 bridgehead atoms. The van der Waals surface area contributed by atoms with Crippen molar-refractivity contribution in [2.45, 2.75) is 38.4 Å². The predicted octanol–water partition coefficient (Wildman–Crippen LogP) is 2.79. The molecule has 7 heteroatoms. The standard InChI is InChI=1S/C14H16F3NO3/c1-8(7-12(19)18-9(2)13(20)21)10-3-5-11(6-4-10)14(15,16)17/h3-6,8-9H,7H2,1-2H3,(H,18,19)(H,20,21)/t8?,9-/m1/s1. The molecule has 1 aromatic carbocycles. The Morgan fingerprint density at radius 2 is 1.71 bits per heavy atom. The Labute approximate surface area is 120 Å². The van der Waals surface area contributed by atoms with E-state index < -0.39 is 29.7 Å². The van der Waals surface area contributed by atoms with E-state index in [1.165, 1.54) is 19.1 Å². The zero-order chi connectivity index (χ0) is 16.2. The van der Waals surface area contributed by atoms with Crippen molar-refractivity contribution < 1.29 is 27.9 Å². The molecular weight excluding hydrogens is 287 g/mol. The molecule has 0 aliphatic carbocycles. The summed E-state index contributed by atoms with van der Waals surface area (Å²) in [4.78, 5) is 22.2. The molecule has 0 radical (unpaired) electrons. The second-order valence-electron chi connectivity index (χ2n) is 4.85. The van der Waals surface area contributed by atoms with Crippen LogP contribution in [0.4, 0.5) is 13.2 Å². The van der Waals surface area contributed by atoms with Crippen molar-refractivity contribution in [3.63, 3.8) is 0 Å². The fourth-order valence-electron chi connectivity index (χ4n) is 1.76. The maximum Gasteiger partial charge on any atom is 0.416 e. The van der Waals surface area contributed by atoms with Gasteiger partial charge in [-0.1, -0.05) is 19.1 Å². The molecule has 21 heavy (non-hydrogen) atoms. The molecule has 0 aliphatic rings. The highest BCUT2D eigenvalue weighted by atomic mass is 19.4. The van der Waals surface area contributed by atoms with Gasteiger partial charge in [0, 0.05) is 6.42 Å². The van der Waals surface area contributed by atoms with Crippen molar-refractivity contribution in [1.29, 1.82) is 0 Å². The quantitative estimate of drug-likeness (QED) is 0.879. The number of hydrogen-bond acceptors (Lipinski definition) is 2. The van der Waals surface area contributed by atoms with Crippen LogP contribution in [0, 0.1) is 0 Å². The van der Waals surface area contributed by atoms with Gasteiger partial charge < -0.3 is 10.4 Å². The molecule has 2 N–H and O–H groups in total. The highest BCUT2D eigenvalue weighted by molar-refractivity contribution is 5.83. The third-order valence-corrected chi connectivity index (χ3v) is 3.05. The van der Waals surface area contributed by atoms with E-state index in [2.05, 4.69) is 5.32 Å². The minimum Gasteiger partial charge on any atom is -0.480 e. The first-order valence-electron chi connectivity index (χ1n) is 6.30. The molecule has 0 spiro atoms. The number of alkyl halides is 3. The number of carbonyl (C=O) groups excluding carboxylic acids is 1. The molecule has 1 rings (SSSR count). The molecule has 1 amide bonds. The summed E-state index contributed by atoms with van der Waals surface area (Å²) in [5, 5.41) is 11.0. The molecule has 2 atom stereocenters. The van der Waals surface area contributed by atoms with Crippen molar-refractivity contribution >= 4 is 11.9 Å². The largest absolute Gasteiger partial charge is 0.480 e. The fraction of sp³-hybridized carbons (Fsp3) is 0.429. The summed E-state index contributed by atoms with van der Waals surface area (Å²) in [6.45, 7) is 3.02. The monoisotopic (exact) mass is 303 g/mol. The van der Waals surface area contributed by atoms with E-state index in [9.17, 15) is 22.8 Å². The number of amides is 1. The molecule has 0 heterocycles. The van der Waals surface area contributed by atoms with Crippen molar-refractivity contribution in [2.24, 2.45) is 0 Å². The number of carboxylic acid groups (broad SMARTS) is 1. The van der Waals surface area contributed by atoms with Crippen molar-refractivity contribution in [3.8, 4) is 0 Å². The number of carbonyl (C=O) groups is 2. The van der Waals surface area contributed by atoms with Crippen molar-refractivity contribution in [1.82, 2.24) is 5.32 Å². The Morgan fingerprint density at radius 1 is 1.19 bits per heavy atom.